The van der Waals surface area contributed by atoms with Crippen molar-refractivity contribution < 1.29 is 4.79 Å². The Morgan fingerprint density at radius 1 is 1.08 bits per heavy atom. The minimum absolute atomic E-state index is 0.213. The first-order chi connectivity index (χ1) is 12.2. The van der Waals surface area contributed by atoms with Crippen molar-refractivity contribution in [2.24, 2.45) is 0 Å². The number of rotatable bonds is 6. The Bertz CT molecular complexity index is 666. The molecule has 0 atom stereocenters. The van der Waals surface area contributed by atoms with E-state index in [4.69, 9.17) is 0 Å². The molecule has 3 rings (SSSR count). The van der Waals surface area contributed by atoms with Crippen molar-refractivity contribution in [1.29, 1.82) is 0 Å². The third-order valence-electron chi connectivity index (χ3n) is 4.43. The number of nitrogens with zero attached hydrogens (tertiary/aromatic N) is 4. The van der Waals surface area contributed by atoms with Gasteiger partial charge in [0.1, 0.15) is 0 Å². The van der Waals surface area contributed by atoms with Crippen LogP contribution in [0.2, 0.25) is 0 Å². The summed E-state index contributed by atoms with van der Waals surface area (Å²) in [6, 6.07) is 10.3. The monoisotopic (exact) mass is 339 g/mol. The molecule has 0 bridgehead atoms. The number of nitrogens with one attached hydrogen (secondary N) is 1. The lowest BCUT2D eigenvalue weighted by atomic mass is 10.1. The molecule has 132 valence electrons. The summed E-state index contributed by atoms with van der Waals surface area (Å²) in [4.78, 5) is 24.9. The lowest BCUT2D eigenvalue weighted by Gasteiger charge is -2.34. The van der Waals surface area contributed by atoms with Crippen LogP contribution in [0.25, 0.3) is 0 Å². The molecular weight excluding hydrogens is 314 g/mol. The van der Waals surface area contributed by atoms with Gasteiger partial charge in [0, 0.05) is 58.1 Å². The Labute approximate surface area is 148 Å². The van der Waals surface area contributed by atoms with E-state index in [2.05, 4.69) is 51.4 Å². The van der Waals surface area contributed by atoms with Crippen LogP contribution in [0.15, 0.2) is 42.7 Å². The van der Waals surface area contributed by atoms with E-state index in [0.29, 0.717) is 13.0 Å². The number of amides is 1. The van der Waals surface area contributed by atoms with E-state index >= 15 is 0 Å². The molecule has 0 spiro atoms. The minimum atomic E-state index is 0.213. The van der Waals surface area contributed by atoms with Crippen LogP contribution in [0.4, 0.5) is 5.95 Å². The fraction of sp³-hybridized carbons (Fsp3) is 0.421. The highest BCUT2D eigenvalue weighted by Crippen LogP contribution is 2.10. The number of hydrogen-bond donors (Lipinski definition) is 1. The molecule has 1 fully saturated rings. The zero-order chi connectivity index (χ0) is 17.5. The van der Waals surface area contributed by atoms with E-state index in [1.54, 1.807) is 12.4 Å². The largest absolute Gasteiger partial charge is 0.339 e. The molecule has 6 heteroatoms. The van der Waals surface area contributed by atoms with E-state index in [0.717, 1.165) is 38.7 Å². The summed E-state index contributed by atoms with van der Waals surface area (Å²) in [5, 5.41) is 3.35. The van der Waals surface area contributed by atoms with E-state index in [1.165, 1.54) is 11.1 Å². The molecule has 0 unspecified atom stereocenters. The number of anilines is 1. The van der Waals surface area contributed by atoms with Gasteiger partial charge in [0.25, 0.3) is 0 Å². The molecule has 6 nitrogen and oxygen atoms in total. The summed E-state index contributed by atoms with van der Waals surface area (Å²) in [5.74, 6) is 0.958. The van der Waals surface area contributed by atoms with Crippen molar-refractivity contribution in [3.8, 4) is 0 Å². The Balaban J connectivity index is 1.36. The number of aryl methyl sites for hydroxylation is 1. The van der Waals surface area contributed by atoms with Gasteiger partial charge in [-0.2, -0.15) is 0 Å². The van der Waals surface area contributed by atoms with Crippen molar-refractivity contribution in [2.45, 2.75) is 19.9 Å². The summed E-state index contributed by atoms with van der Waals surface area (Å²) < 4.78 is 0. The molecule has 1 aliphatic rings. The van der Waals surface area contributed by atoms with Crippen LogP contribution < -0.4 is 10.2 Å². The highest BCUT2D eigenvalue weighted by Gasteiger charge is 2.21. The van der Waals surface area contributed by atoms with E-state index in [-0.39, 0.29) is 5.91 Å². The summed E-state index contributed by atoms with van der Waals surface area (Å²) in [5.41, 5.74) is 2.51. The van der Waals surface area contributed by atoms with Gasteiger partial charge in [-0.05, 0) is 18.6 Å². The summed E-state index contributed by atoms with van der Waals surface area (Å²) in [7, 11) is 0. The topological polar surface area (TPSA) is 61.4 Å². The number of hydrogen-bond acceptors (Lipinski definition) is 5. The van der Waals surface area contributed by atoms with Gasteiger partial charge in [0.2, 0.25) is 11.9 Å². The van der Waals surface area contributed by atoms with Crippen molar-refractivity contribution in [3.63, 3.8) is 0 Å². The molecule has 0 aliphatic carbocycles. The van der Waals surface area contributed by atoms with Gasteiger partial charge < -0.3 is 15.1 Å². The predicted octanol–water partition coefficient (Wildman–Crippen LogP) is 1.61. The standard InChI is InChI=1S/C19H25N5O/c1-16-3-5-17(6-4-16)15-20-10-7-18(25)23-11-13-24(14-12-23)19-21-8-2-9-22-19/h2-6,8-9,20H,7,10-15H2,1H3. The van der Waals surface area contributed by atoms with Crippen LogP contribution in [-0.2, 0) is 11.3 Å². The van der Waals surface area contributed by atoms with Gasteiger partial charge in [-0.1, -0.05) is 29.8 Å². The molecule has 1 aromatic carbocycles. The molecule has 0 saturated carbocycles. The van der Waals surface area contributed by atoms with Crippen molar-refractivity contribution in [2.75, 3.05) is 37.6 Å². The molecule has 0 radical (unpaired) electrons. The van der Waals surface area contributed by atoms with Crippen LogP contribution in [-0.4, -0.2) is 53.5 Å². The van der Waals surface area contributed by atoms with Crippen LogP contribution in [0, 0.1) is 6.92 Å². The molecule has 2 heterocycles. The van der Waals surface area contributed by atoms with Gasteiger partial charge >= 0.3 is 0 Å². The quantitative estimate of drug-likeness (QED) is 0.810. The van der Waals surface area contributed by atoms with Crippen LogP contribution in [0.1, 0.15) is 17.5 Å². The SMILES string of the molecule is Cc1ccc(CNCCC(=O)N2CCN(c3ncccn3)CC2)cc1. The lowest BCUT2D eigenvalue weighted by Crippen LogP contribution is -2.49. The summed E-state index contributed by atoms with van der Waals surface area (Å²) in [6.07, 6.45) is 4.03. The molecule has 1 amide bonds. The first-order valence-electron chi connectivity index (χ1n) is 8.78. The predicted molar refractivity (Wildman–Crippen MR) is 98.3 cm³/mol. The Morgan fingerprint density at radius 3 is 2.44 bits per heavy atom. The minimum Gasteiger partial charge on any atom is -0.339 e. The van der Waals surface area contributed by atoms with Crippen molar-refractivity contribution in [1.82, 2.24) is 20.2 Å². The second-order valence-corrected chi connectivity index (χ2v) is 6.33. The fourth-order valence-electron chi connectivity index (χ4n) is 2.90. The van der Waals surface area contributed by atoms with Gasteiger partial charge in [0.05, 0.1) is 0 Å². The third-order valence-corrected chi connectivity index (χ3v) is 4.43. The molecule has 1 N–H and O–H groups in total. The van der Waals surface area contributed by atoms with Gasteiger partial charge in [-0.15, -0.1) is 0 Å². The highest BCUT2D eigenvalue weighted by atomic mass is 16.2. The maximum atomic E-state index is 12.3. The van der Waals surface area contributed by atoms with Crippen LogP contribution in [0.3, 0.4) is 0 Å². The van der Waals surface area contributed by atoms with E-state index in [1.807, 2.05) is 11.0 Å². The smallest absolute Gasteiger partial charge is 0.225 e. The van der Waals surface area contributed by atoms with E-state index in [9.17, 15) is 4.79 Å². The Morgan fingerprint density at radius 2 is 1.76 bits per heavy atom. The molecule has 25 heavy (non-hydrogen) atoms. The first-order valence-corrected chi connectivity index (χ1v) is 8.78. The molecule has 1 saturated heterocycles. The molecular formula is C19H25N5O. The highest BCUT2D eigenvalue weighted by molar-refractivity contribution is 5.76. The first kappa shape index (κ1) is 17.4. The number of piperazine rings is 1. The normalized spacial score (nSPS) is 14.6. The average Bonchev–Trinajstić information content (AvgIpc) is 2.67. The van der Waals surface area contributed by atoms with E-state index < -0.39 is 0 Å². The maximum Gasteiger partial charge on any atom is 0.225 e. The van der Waals surface area contributed by atoms with Gasteiger partial charge in [0.15, 0.2) is 0 Å². The summed E-state index contributed by atoms with van der Waals surface area (Å²) >= 11 is 0. The van der Waals surface area contributed by atoms with Crippen molar-refractivity contribution in [3.05, 3.63) is 53.9 Å². The number of benzene rings is 1. The zero-order valence-corrected chi connectivity index (χ0v) is 14.7. The van der Waals surface area contributed by atoms with Crippen LogP contribution >= 0.6 is 0 Å². The second-order valence-electron chi connectivity index (χ2n) is 6.33. The fourth-order valence-corrected chi connectivity index (χ4v) is 2.90. The maximum absolute atomic E-state index is 12.3. The third kappa shape index (κ3) is 5.00. The van der Waals surface area contributed by atoms with Gasteiger partial charge in [-0.25, -0.2) is 9.97 Å². The number of carbonyl (C=O) groups excluding carboxylic acids is 1. The zero-order valence-electron chi connectivity index (χ0n) is 14.7. The van der Waals surface area contributed by atoms with Crippen LogP contribution in [0.5, 0.6) is 0 Å². The molecule has 2 aromatic rings. The Hall–Kier alpha value is -2.47. The second kappa shape index (κ2) is 8.58. The molecule has 1 aromatic heterocycles. The lowest BCUT2D eigenvalue weighted by molar-refractivity contribution is -0.131. The number of aromatic nitrogens is 2. The van der Waals surface area contributed by atoms with Gasteiger partial charge in [-0.3, -0.25) is 4.79 Å². The number of carbonyl (C=O) groups is 1. The summed E-state index contributed by atoms with van der Waals surface area (Å²) in [6.45, 7) is 6.62. The molecule has 1 aliphatic heterocycles. The average molecular weight is 339 g/mol. The Kier molecular flexibility index (Phi) is 5.95. The van der Waals surface area contributed by atoms with Crippen molar-refractivity contribution >= 4 is 11.9 Å².